The fourth-order valence-corrected chi connectivity index (χ4v) is 5.11. The van der Waals surface area contributed by atoms with Gasteiger partial charge in [0.1, 0.15) is 35.8 Å². The summed E-state index contributed by atoms with van der Waals surface area (Å²) in [6.07, 6.45) is 2.11. The molecule has 2 aromatic rings. The highest BCUT2D eigenvalue weighted by atomic mass is 35.5. The molecule has 1 unspecified atom stereocenters. The number of hydrogen-bond donors (Lipinski definition) is 1. The van der Waals surface area contributed by atoms with E-state index < -0.39 is 11.9 Å². The van der Waals surface area contributed by atoms with E-state index in [0.717, 1.165) is 53.2 Å². The van der Waals surface area contributed by atoms with E-state index >= 15 is 0 Å². The van der Waals surface area contributed by atoms with Crippen LogP contribution in [0.5, 0.6) is 17.2 Å². The zero-order chi connectivity index (χ0) is 24.5. The van der Waals surface area contributed by atoms with E-state index in [-0.39, 0.29) is 23.4 Å². The first-order chi connectivity index (χ1) is 16.9. The van der Waals surface area contributed by atoms with Crippen molar-refractivity contribution in [1.82, 2.24) is 4.90 Å². The van der Waals surface area contributed by atoms with Crippen LogP contribution in [0.4, 0.5) is 8.78 Å². The lowest BCUT2D eigenvalue weighted by atomic mass is 9.83. The highest BCUT2D eigenvalue weighted by molar-refractivity contribution is 6.30. The molecule has 3 aliphatic rings. The van der Waals surface area contributed by atoms with Crippen molar-refractivity contribution in [3.05, 3.63) is 81.7 Å². The first kappa shape index (κ1) is 23.9. The smallest absolute Gasteiger partial charge is 0.149 e. The number of rotatable bonds is 7. The zero-order valence-electron chi connectivity index (χ0n) is 19.6. The number of fused-ring (bicyclic) bond motifs is 1. The van der Waals surface area contributed by atoms with E-state index in [1.165, 1.54) is 6.08 Å². The van der Waals surface area contributed by atoms with Gasteiger partial charge >= 0.3 is 0 Å². The molecule has 0 spiro atoms. The molecule has 2 aliphatic heterocycles. The van der Waals surface area contributed by atoms with Gasteiger partial charge in [0.05, 0.1) is 11.7 Å². The van der Waals surface area contributed by atoms with Gasteiger partial charge in [0.25, 0.3) is 0 Å². The number of aromatic hydroxyl groups is 1. The first-order valence-corrected chi connectivity index (χ1v) is 12.3. The summed E-state index contributed by atoms with van der Waals surface area (Å²) in [4.78, 5) is 2.18. The zero-order valence-corrected chi connectivity index (χ0v) is 20.3. The predicted molar refractivity (Wildman–Crippen MR) is 133 cm³/mol. The summed E-state index contributed by atoms with van der Waals surface area (Å²) in [6.45, 7) is 4.63. The number of halogens is 3. The second-order valence-corrected chi connectivity index (χ2v) is 9.79. The molecule has 184 valence electrons. The average molecular weight is 500 g/mol. The van der Waals surface area contributed by atoms with Crippen molar-refractivity contribution in [2.75, 3.05) is 32.9 Å². The number of alkyl halides is 1. The second-order valence-electron chi connectivity index (χ2n) is 9.34. The van der Waals surface area contributed by atoms with Crippen LogP contribution < -0.4 is 9.47 Å². The number of ether oxygens (including phenoxy) is 2. The highest BCUT2D eigenvalue weighted by Crippen LogP contribution is 2.48. The minimum absolute atomic E-state index is 0.125. The lowest BCUT2D eigenvalue weighted by Gasteiger charge is -2.37. The van der Waals surface area contributed by atoms with E-state index in [9.17, 15) is 13.9 Å². The molecule has 1 N–H and O–H groups in total. The molecule has 1 fully saturated rings. The maximum Gasteiger partial charge on any atom is 0.149 e. The summed E-state index contributed by atoms with van der Waals surface area (Å²) >= 11 is 6.02. The minimum atomic E-state index is -0.465. The summed E-state index contributed by atoms with van der Waals surface area (Å²) < 4.78 is 39.3. The van der Waals surface area contributed by atoms with Crippen molar-refractivity contribution in [1.29, 1.82) is 0 Å². The molecular weight excluding hydrogens is 472 g/mol. The molecule has 0 radical (unpaired) electrons. The maximum absolute atomic E-state index is 14.4. The number of nitrogens with zero attached hydrogens (tertiary/aromatic N) is 1. The average Bonchev–Trinajstić information content (AvgIpc) is 2.82. The lowest BCUT2D eigenvalue weighted by molar-refractivity contribution is 0.0668. The standard InChI is InChI=1S/C28H28ClF2NO3/c1-17-23-8-5-21(33)13-26(23)35-28(27(17)20-4-9-24(29)25(31)12-20)19-2-6-22(7-3-19)34-11-10-32-15-18(14-30)16-32/h2-3,5-8,12-13,18,28,33H,4,9-11,14-16H2,1H3. The maximum atomic E-state index is 14.4. The van der Waals surface area contributed by atoms with Gasteiger partial charge in [-0.2, -0.15) is 0 Å². The SMILES string of the molecule is CC1=C(C2=CC(F)=C(Cl)CC2)C(c2ccc(OCCN3CC(CF)C3)cc2)Oc2cc(O)ccc21. The van der Waals surface area contributed by atoms with Crippen LogP contribution in [0.1, 0.15) is 37.0 Å². The fraction of sp³-hybridized carbons (Fsp3) is 0.357. The molecular formula is C28H28ClF2NO3. The number of benzene rings is 2. The fourth-order valence-electron chi connectivity index (χ4n) is 4.96. The molecule has 4 nitrogen and oxygen atoms in total. The van der Waals surface area contributed by atoms with E-state index in [1.54, 1.807) is 12.1 Å². The molecule has 1 atom stereocenters. The molecule has 0 amide bonds. The number of phenolic OH excluding ortho intramolecular Hbond substituents is 1. The van der Waals surface area contributed by atoms with Crippen LogP contribution in [0, 0.1) is 5.92 Å². The summed E-state index contributed by atoms with van der Waals surface area (Å²) in [6, 6.07) is 12.8. The van der Waals surface area contributed by atoms with Crippen LogP contribution in [0.2, 0.25) is 0 Å². The summed E-state index contributed by atoms with van der Waals surface area (Å²) in [5.41, 5.74) is 4.52. The van der Waals surface area contributed by atoms with Gasteiger partial charge in [-0.05, 0) is 66.8 Å². The molecule has 2 heterocycles. The molecule has 35 heavy (non-hydrogen) atoms. The van der Waals surface area contributed by atoms with Gasteiger partial charge in [-0.25, -0.2) is 4.39 Å². The van der Waals surface area contributed by atoms with Crippen molar-refractivity contribution in [2.24, 2.45) is 5.92 Å². The number of allylic oxidation sites excluding steroid dienone is 4. The van der Waals surface area contributed by atoms with E-state index in [2.05, 4.69) is 4.90 Å². The second kappa shape index (κ2) is 10.0. The van der Waals surface area contributed by atoms with Crippen molar-refractivity contribution < 1.29 is 23.4 Å². The van der Waals surface area contributed by atoms with E-state index in [4.69, 9.17) is 21.1 Å². The Hall–Kier alpha value is -2.83. The number of likely N-dealkylation sites (tertiary alicyclic amines) is 1. The van der Waals surface area contributed by atoms with Gasteiger partial charge in [0.2, 0.25) is 0 Å². The Bertz CT molecular complexity index is 1200. The quantitative estimate of drug-likeness (QED) is 0.459. The number of phenols is 1. The Morgan fingerprint density at radius 1 is 1.14 bits per heavy atom. The monoisotopic (exact) mass is 499 g/mol. The van der Waals surface area contributed by atoms with Crippen LogP contribution in [-0.2, 0) is 0 Å². The third kappa shape index (κ3) is 4.95. The molecule has 2 aromatic carbocycles. The molecule has 0 aromatic heterocycles. The van der Waals surface area contributed by atoms with Crippen LogP contribution in [0.3, 0.4) is 0 Å². The van der Waals surface area contributed by atoms with Crippen molar-refractivity contribution >= 4 is 17.2 Å². The summed E-state index contributed by atoms with van der Waals surface area (Å²) in [5, 5.41) is 10.2. The van der Waals surface area contributed by atoms with Crippen LogP contribution in [0.15, 0.2) is 70.5 Å². The normalized spacial score (nSPS) is 20.8. The van der Waals surface area contributed by atoms with Gasteiger partial charge in [0, 0.05) is 42.8 Å². The Morgan fingerprint density at radius 2 is 1.91 bits per heavy atom. The van der Waals surface area contributed by atoms with E-state index in [1.807, 2.05) is 37.3 Å². The third-order valence-electron chi connectivity index (χ3n) is 6.91. The van der Waals surface area contributed by atoms with Gasteiger partial charge < -0.3 is 14.6 Å². The van der Waals surface area contributed by atoms with Gasteiger partial charge in [-0.1, -0.05) is 23.7 Å². The molecule has 0 bridgehead atoms. The molecule has 0 saturated carbocycles. The van der Waals surface area contributed by atoms with Gasteiger partial charge in [0.15, 0.2) is 0 Å². The molecule has 7 heteroatoms. The van der Waals surface area contributed by atoms with Crippen molar-refractivity contribution in [3.63, 3.8) is 0 Å². The summed E-state index contributed by atoms with van der Waals surface area (Å²) in [5.74, 6) is 1.21. The first-order valence-electron chi connectivity index (χ1n) is 11.9. The Labute approximate surface area is 209 Å². The highest BCUT2D eigenvalue weighted by Gasteiger charge is 2.32. The van der Waals surface area contributed by atoms with Crippen LogP contribution >= 0.6 is 11.6 Å². The third-order valence-corrected chi connectivity index (χ3v) is 7.28. The molecule has 1 aliphatic carbocycles. The Morgan fingerprint density at radius 3 is 2.63 bits per heavy atom. The van der Waals surface area contributed by atoms with Crippen molar-refractivity contribution in [2.45, 2.75) is 25.9 Å². The minimum Gasteiger partial charge on any atom is -0.508 e. The topological polar surface area (TPSA) is 41.9 Å². The lowest BCUT2D eigenvalue weighted by Crippen LogP contribution is -2.49. The van der Waals surface area contributed by atoms with Gasteiger partial charge in [-0.15, -0.1) is 0 Å². The Kier molecular flexibility index (Phi) is 6.85. The molecule has 1 saturated heterocycles. The molecule has 5 rings (SSSR count). The number of hydrogen-bond acceptors (Lipinski definition) is 4. The van der Waals surface area contributed by atoms with Crippen LogP contribution in [0.25, 0.3) is 5.57 Å². The van der Waals surface area contributed by atoms with Crippen LogP contribution in [-0.4, -0.2) is 42.9 Å². The summed E-state index contributed by atoms with van der Waals surface area (Å²) in [7, 11) is 0. The largest absolute Gasteiger partial charge is 0.508 e. The van der Waals surface area contributed by atoms with Gasteiger partial charge in [-0.3, -0.25) is 9.29 Å². The Balaban J connectivity index is 1.38. The predicted octanol–water partition coefficient (Wildman–Crippen LogP) is 6.72. The van der Waals surface area contributed by atoms with E-state index in [0.29, 0.717) is 25.2 Å². The van der Waals surface area contributed by atoms with Crippen molar-refractivity contribution in [3.8, 4) is 17.2 Å².